The molecule has 0 atom stereocenters. The van der Waals surface area contributed by atoms with E-state index < -0.39 is 0 Å². The molecule has 1 saturated carbocycles. The third-order valence-corrected chi connectivity index (χ3v) is 9.42. The van der Waals surface area contributed by atoms with E-state index >= 15 is 0 Å². The maximum atomic E-state index is 3.53. The van der Waals surface area contributed by atoms with Gasteiger partial charge in [-0.1, -0.05) is 94.2 Å². The Morgan fingerprint density at radius 1 is 0.825 bits per heavy atom. The Bertz CT molecular complexity index is 1250. The molecular weight excluding hydrogens is 627 g/mol. The number of allylic oxidation sites excluding steroid dienone is 4. The Kier molecular flexibility index (Phi) is 13.6. The van der Waals surface area contributed by atoms with Crippen LogP contribution in [0.2, 0.25) is 0 Å². The predicted octanol–water partition coefficient (Wildman–Crippen LogP) is 4.23. The fraction of sp³-hybridized carbons (Fsp3) is 0.417. The second kappa shape index (κ2) is 15.4. The van der Waals surface area contributed by atoms with Crippen molar-refractivity contribution in [1.82, 2.24) is 0 Å². The molecule has 4 heteroatoms. The number of halogens is 2. The summed E-state index contributed by atoms with van der Waals surface area (Å²) in [6, 6.07) is 17.2. The standard InChI is InChI=1S/C21H25.C9H7S.C6H10.2ClH.Zr/c1-20(2,3)16-9-7-14-11-15-8-10-17(21(4,5)6)13-19(15)18(14)12-16;1-2-4-8(3-1)9-5-6-10-7-9;1-2-4-6-5-3-1;;;/h7,9-10,12-13H,11H2,1-6H3;1,3,5-7H,2H2;1-5H2;2*1H;/q2*-1;;;;+2/p-2. The quantitative estimate of drug-likeness (QED) is 0.267. The van der Waals surface area contributed by atoms with E-state index in [4.69, 9.17) is 0 Å². The molecule has 0 saturated heterocycles. The summed E-state index contributed by atoms with van der Waals surface area (Å²) in [5, 5.41) is 4.24. The van der Waals surface area contributed by atoms with Crippen LogP contribution in [-0.2, 0) is 41.5 Å². The number of fused-ring (bicyclic) bond motifs is 3. The average Bonchev–Trinajstić information content (AvgIpc) is 3.64. The van der Waals surface area contributed by atoms with Crippen LogP contribution in [0.4, 0.5) is 0 Å². The fourth-order valence-corrected chi connectivity index (χ4v) is 6.51. The third kappa shape index (κ3) is 9.49. The van der Waals surface area contributed by atoms with Gasteiger partial charge in [0, 0.05) is 0 Å². The molecule has 3 aliphatic carbocycles. The molecule has 0 spiro atoms. The van der Waals surface area contributed by atoms with Crippen LogP contribution in [0.15, 0.2) is 59.3 Å². The van der Waals surface area contributed by atoms with Crippen LogP contribution in [0, 0.1) is 12.1 Å². The summed E-state index contributed by atoms with van der Waals surface area (Å²) in [6.45, 7) is 13.6. The zero-order chi connectivity index (χ0) is 27.3. The molecule has 0 N–H and O–H groups in total. The van der Waals surface area contributed by atoms with Gasteiger partial charge in [0.1, 0.15) is 0 Å². The molecule has 0 bridgehead atoms. The van der Waals surface area contributed by atoms with Crippen molar-refractivity contribution >= 4 is 20.1 Å². The Hall–Kier alpha value is -1.05. The van der Waals surface area contributed by atoms with E-state index in [2.05, 4.69) is 113 Å². The van der Waals surface area contributed by atoms with Gasteiger partial charge in [0.25, 0.3) is 0 Å². The Labute approximate surface area is 274 Å². The number of hydrogen-bond acceptors (Lipinski definition) is 1. The minimum atomic E-state index is 0. The molecule has 0 unspecified atom stereocenters. The molecule has 0 amide bonds. The molecule has 0 aliphatic heterocycles. The fourth-order valence-electron chi connectivity index (χ4n) is 4.98. The summed E-state index contributed by atoms with van der Waals surface area (Å²) in [5.41, 5.74) is 11.3. The van der Waals surface area contributed by atoms with Gasteiger partial charge in [-0.25, -0.2) is 0 Å². The van der Waals surface area contributed by atoms with Crippen LogP contribution < -0.4 is 24.8 Å². The first kappa shape index (κ1) is 35.2. The van der Waals surface area contributed by atoms with Crippen molar-refractivity contribution in [3.8, 4) is 11.1 Å². The topological polar surface area (TPSA) is 0 Å². The summed E-state index contributed by atoms with van der Waals surface area (Å²) in [4.78, 5) is 0. The first-order chi connectivity index (χ1) is 18.0. The van der Waals surface area contributed by atoms with Gasteiger partial charge in [-0.15, -0.1) is 17.2 Å². The van der Waals surface area contributed by atoms with Crippen LogP contribution in [0.1, 0.15) is 108 Å². The molecule has 6 rings (SSSR count). The second-order valence-electron chi connectivity index (χ2n) is 12.7. The molecule has 0 radical (unpaired) electrons. The van der Waals surface area contributed by atoms with Gasteiger partial charge < -0.3 is 24.8 Å². The van der Waals surface area contributed by atoms with E-state index in [9.17, 15) is 0 Å². The van der Waals surface area contributed by atoms with Gasteiger partial charge in [-0.3, -0.25) is 0 Å². The third-order valence-electron chi connectivity index (χ3n) is 7.51. The first-order valence-electron chi connectivity index (χ1n) is 14.1. The average molecular weight is 669 g/mol. The van der Waals surface area contributed by atoms with E-state index in [1.807, 2.05) is 0 Å². The van der Waals surface area contributed by atoms with Crippen LogP contribution in [0.25, 0.3) is 16.7 Å². The number of thiophene rings is 1. The Morgan fingerprint density at radius 2 is 1.50 bits per heavy atom. The molecule has 40 heavy (non-hydrogen) atoms. The molecule has 2 aromatic carbocycles. The summed E-state index contributed by atoms with van der Waals surface area (Å²) < 4.78 is 1.80. The Morgan fingerprint density at radius 3 is 2.02 bits per heavy atom. The zero-order valence-corrected chi connectivity index (χ0v) is 29.7. The minimum absolute atomic E-state index is 0. The van der Waals surface area contributed by atoms with Crippen LogP contribution >= 0.6 is 11.3 Å². The number of rotatable bonds is 1. The normalized spacial score (nSPS) is 15.3. The van der Waals surface area contributed by atoms with E-state index in [0.29, 0.717) is 0 Å². The molecule has 1 aromatic heterocycles. The maximum absolute atomic E-state index is 3.53. The molecular formula is C36H42Cl2SZr-2. The van der Waals surface area contributed by atoms with Gasteiger partial charge in [0.2, 0.25) is 0 Å². The summed E-state index contributed by atoms with van der Waals surface area (Å²) >= 11 is 3.42. The van der Waals surface area contributed by atoms with Crippen molar-refractivity contribution in [2.24, 2.45) is 0 Å². The van der Waals surface area contributed by atoms with E-state index in [1.165, 1.54) is 76.6 Å². The van der Waals surface area contributed by atoms with E-state index in [0.717, 1.165) is 12.8 Å². The molecule has 212 valence electrons. The predicted molar refractivity (Wildman–Crippen MR) is 164 cm³/mol. The molecule has 3 aromatic rings. The van der Waals surface area contributed by atoms with Crippen molar-refractivity contribution in [1.29, 1.82) is 0 Å². The van der Waals surface area contributed by atoms with Crippen molar-refractivity contribution in [3.05, 3.63) is 99.3 Å². The molecule has 1 heterocycles. The van der Waals surface area contributed by atoms with Gasteiger partial charge in [-0.2, -0.15) is 58.4 Å². The molecule has 0 nitrogen and oxygen atoms in total. The van der Waals surface area contributed by atoms with Gasteiger partial charge in [0.15, 0.2) is 0 Å². The molecule has 3 aliphatic rings. The monoisotopic (exact) mass is 666 g/mol. The van der Waals surface area contributed by atoms with Crippen molar-refractivity contribution in [3.63, 3.8) is 0 Å². The number of hydrogen-bond donors (Lipinski definition) is 0. The number of benzene rings is 2. The summed E-state index contributed by atoms with van der Waals surface area (Å²) in [7, 11) is 0. The van der Waals surface area contributed by atoms with Gasteiger partial charge in [0.05, 0.1) is 0 Å². The van der Waals surface area contributed by atoms with Crippen LogP contribution in [-0.4, -0.2) is 3.21 Å². The summed E-state index contributed by atoms with van der Waals surface area (Å²) in [5.74, 6) is 0. The first-order valence-corrected chi connectivity index (χ1v) is 16.2. The Balaban J connectivity index is 0.000000245. The second-order valence-corrected chi connectivity index (χ2v) is 15.2. The van der Waals surface area contributed by atoms with Gasteiger partial charge >= 0.3 is 59.5 Å². The SMILES string of the molecule is CC(C)(C)c1c[c-]c2c(c1)-c1cc(C(C)(C)C)ccc1C2.[C-]1=C(c2ccsc2)C=CC1.[Cl-].[Cl-].[Zr+2]=[C]1CCCCC1. The van der Waals surface area contributed by atoms with Crippen LogP contribution in [0.3, 0.4) is 0 Å². The van der Waals surface area contributed by atoms with Crippen LogP contribution in [0.5, 0.6) is 0 Å². The van der Waals surface area contributed by atoms with Crippen molar-refractivity contribution < 1.29 is 49.0 Å². The van der Waals surface area contributed by atoms with Crippen molar-refractivity contribution in [2.45, 2.75) is 97.3 Å². The summed E-state index contributed by atoms with van der Waals surface area (Å²) in [6.07, 6.45) is 16.8. The van der Waals surface area contributed by atoms with Gasteiger partial charge in [-0.05, 0) is 22.8 Å². The molecule has 1 fully saturated rings. The van der Waals surface area contributed by atoms with Crippen molar-refractivity contribution in [2.75, 3.05) is 0 Å². The zero-order valence-electron chi connectivity index (χ0n) is 24.9. The van der Waals surface area contributed by atoms with E-state index in [-0.39, 0.29) is 35.6 Å². The van der Waals surface area contributed by atoms with E-state index in [1.54, 1.807) is 38.8 Å².